The third-order valence-corrected chi connectivity index (χ3v) is 6.74. The number of benzene rings is 3. The number of nitrogens with one attached hydrogen (secondary N) is 1. The summed E-state index contributed by atoms with van der Waals surface area (Å²) in [7, 11) is 1.69. The maximum absolute atomic E-state index is 10.8. The highest BCUT2D eigenvalue weighted by Gasteiger charge is 2.21. The number of phenols is 1. The van der Waals surface area contributed by atoms with Crippen LogP contribution in [0.2, 0.25) is 0 Å². The summed E-state index contributed by atoms with van der Waals surface area (Å²) in [6.45, 7) is 4.25. The zero-order valence-electron chi connectivity index (χ0n) is 19.9. The molecule has 0 unspecified atom stereocenters. The zero-order valence-corrected chi connectivity index (χ0v) is 19.9. The lowest BCUT2D eigenvalue weighted by atomic mass is 9.84. The van der Waals surface area contributed by atoms with Gasteiger partial charge in [0.15, 0.2) is 0 Å². The zero-order chi connectivity index (χ0) is 23.2. The fourth-order valence-electron chi connectivity index (χ4n) is 4.91. The number of hydrogen-bond acceptors (Lipinski definition) is 4. The van der Waals surface area contributed by atoms with E-state index in [1.807, 2.05) is 18.2 Å². The van der Waals surface area contributed by atoms with E-state index in [9.17, 15) is 5.11 Å². The number of ether oxygens (including phenoxy) is 1. The Morgan fingerprint density at radius 3 is 2.45 bits per heavy atom. The molecule has 0 amide bonds. The van der Waals surface area contributed by atoms with Gasteiger partial charge in [0, 0.05) is 28.8 Å². The molecule has 4 N–H and O–H groups in total. The highest BCUT2D eigenvalue weighted by Crippen LogP contribution is 2.43. The van der Waals surface area contributed by atoms with Crippen LogP contribution in [-0.2, 0) is 25.7 Å². The summed E-state index contributed by atoms with van der Waals surface area (Å²) in [5.74, 6) is 1.09. The minimum Gasteiger partial charge on any atom is -0.507 e. The Balaban J connectivity index is 1.63. The summed E-state index contributed by atoms with van der Waals surface area (Å²) in [5, 5.41) is 14.2. The van der Waals surface area contributed by atoms with Crippen molar-refractivity contribution in [3.63, 3.8) is 0 Å². The van der Waals surface area contributed by atoms with E-state index in [2.05, 4.69) is 42.6 Å². The molecule has 1 aliphatic rings. The molecule has 4 nitrogen and oxygen atoms in total. The number of methoxy groups -OCH3 is 1. The van der Waals surface area contributed by atoms with E-state index in [-0.39, 0.29) is 0 Å². The van der Waals surface area contributed by atoms with E-state index in [0.717, 1.165) is 67.6 Å². The Labute approximate surface area is 197 Å². The van der Waals surface area contributed by atoms with Crippen LogP contribution in [-0.4, -0.2) is 25.3 Å². The van der Waals surface area contributed by atoms with Crippen LogP contribution in [0.4, 0.5) is 5.69 Å². The molecule has 0 aromatic heterocycles. The molecule has 4 rings (SSSR count). The van der Waals surface area contributed by atoms with Crippen molar-refractivity contribution in [2.24, 2.45) is 0 Å². The lowest BCUT2D eigenvalue weighted by molar-refractivity contribution is 0.411. The number of rotatable bonds is 9. The molecule has 0 radical (unpaired) electrons. The molecule has 0 atom stereocenters. The second-order valence-corrected chi connectivity index (χ2v) is 9.01. The Kier molecular flexibility index (Phi) is 7.56. The second-order valence-electron chi connectivity index (χ2n) is 9.01. The van der Waals surface area contributed by atoms with Gasteiger partial charge < -0.3 is 20.9 Å². The van der Waals surface area contributed by atoms with E-state index in [1.165, 1.54) is 28.7 Å². The highest BCUT2D eigenvalue weighted by molar-refractivity contribution is 5.86. The van der Waals surface area contributed by atoms with Crippen molar-refractivity contribution >= 4 is 5.69 Å². The summed E-state index contributed by atoms with van der Waals surface area (Å²) in [4.78, 5) is 0. The summed E-state index contributed by atoms with van der Waals surface area (Å²) in [6, 6.07) is 16.6. The maximum Gasteiger partial charge on any atom is 0.124 e. The average Bonchev–Trinajstić information content (AvgIpc) is 2.84. The van der Waals surface area contributed by atoms with Crippen LogP contribution >= 0.6 is 0 Å². The molecule has 0 bridgehead atoms. The number of aromatic hydroxyl groups is 1. The molecule has 3 aromatic rings. The van der Waals surface area contributed by atoms with Crippen molar-refractivity contribution in [2.45, 2.75) is 51.9 Å². The fourth-order valence-corrected chi connectivity index (χ4v) is 4.91. The fraction of sp³-hybridized carbons (Fsp3) is 0.379. The second kappa shape index (κ2) is 10.8. The molecular weight excluding hydrogens is 408 g/mol. The van der Waals surface area contributed by atoms with Crippen LogP contribution < -0.4 is 15.8 Å². The average molecular weight is 445 g/mol. The molecule has 3 aromatic carbocycles. The molecule has 1 aliphatic carbocycles. The van der Waals surface area contributed by atoms with Gasteiger partial charge in [-0.25, -0.2) is 0 Å². The van der Waals surface area contributed by atoms with Gasteiger partial charge in [-0.05, 0) is 92.1 Å². The van der Waals surface area contributed by atoms with E-state index in [4.69, 9.17) is 10.5 Å². The first kappa shape index (κ1) is 23.2. The third-order valence-electron chi connectivity index (χ3n) is 6.74. The molecule has 4 heteroatoms. The Morgan fingerprint density at radius 1 is 0.939 bits per heavy atom. The summed E-state index contributed by atoms with van der Waals surface area (Å²) in [6.07, 6.45) is 7.26. The van der Waals surface area contributed by atoms with Crippen LogP contribution in [0.15, 0.2) is 48.5 Å². The van der Waals surface area contributed by atoms with Gasteiger partial charge in [-0.1, -0.05) is 37.3 Å². The van der Waals surface area contributed by atoms with Gasteiger partial charge in [0.2, 0.25) is 0 Å². The van der Waals surface area contributed by atoms with E-state index >= 15 is 0 Å². The van der Waals surface area contributed by atoms with Crippen molar-refractivity contribution < 1.29 is 9.84 Å². The number of anilines is 1. The van der Waals surface area contributed by atoms with Crippen molar-refractivity contribution in [1.82, 2.24) is 5.32 Å². The van der Waals surface area contributed by atoms with Gasteiger partial charge in [-0.3, -0.25) is 0 Å². The van der Waals surface area contributed by atoms with Crippen LogP contribution in [0.3, 0.4) is 0 Å². The topological polar surface area (TPSA) is 67.5 Å². The number of hydrogen-bond donors (Lipinski definition) is 3. The third kappa shape index (κ3) is 5.17. The van der Waals surface area contributed by atoms with Gasteiger partial charge in [-0.2, -0.15) is 0 Å². The lowest BCUT2D eigenvalue weighted by Gasteiger charge is -2.23. The van der Waals surface area contributed by atoms with E-state index < -0.39 is 0 Å². The Hall–Kier alpha value is -2.98. The van der Waals surface area contributed by atoms with E-state index in [0.29, 0.717) is 17.9 Å². The first-order chi connectivity index (χ1) is 16.1. The minimum atomic E-state index is 0.305. The SMILES string of the molecule is CCCNCCc1ccc(Cc2c(OC)ccc(-c3c(O)ccc4c3CCCC4)c2N)cc1. The van der Waals surface area contributed by atoms with Crippen molar-refractivity contribution in [3.05, 3.63) is 76.3 Å². The van der Waals surface area contributed by atoms with Gasteiger partial charge in [0.25, 0.3) is 0 Å². The maximum atomic E-state index is 10.8. The quantitative estimate of drug-likeness (QED) is 0.294. The minimum absolute atomic E-state index is 0.305. The van der Waals surface area contributed by atoms with Crippen LogP contribution in [0, 0.1) is 0 Å². The number of aryl methyl sites for hydroxylation is 1. The summed E-state index contributed by atoms with van der Waals surface area (Å²) < 4.78 is 5.68. The highest BCUT2D eigenvalue weighted by atomic mass is 16.5. The molecule has 174 valence electrons. The largest absolute Gasteiger partial charge is 0.507 e. The van der Waals surface area contributed by atoms with Gasteiger partial charge >= 0.3 is 0 Å². The van der Waals surface area contributed by atoms with Crippen molar-refractivity contribution in [3.8, 4) is 22.6 Å². The number of phenolic OH excluding ortho intramolecular Hbond substituents is 1. The molecular formula is C29H36N2O2. The van der Waals surface area contributed by atoms with Crippen molar-refractivity contribution in [2.75, 3.05) is 25.9 Å². The first-order valence-corrected chi connectivity index (χ1v) is 12.2. The standard InChI is InChI=1S/C29H36N2O2/c1-3-17-31-18-16-20-8-10-21(11-9-20)19-25-27(33-2)15-13-24(29(25)30)28-23-7-5-4-6-22(23)12-14-26(28)32/h8-15,31-32H,3-7,16-19,30H2,1-2H3. The number of fused-ring (bicyclic) bond motifs is 1. The monoisotopic (exact) mass is 444 g/mol. The van der Waals surface area contributed by atoms with Crippen LogP contribution in [0.1, 0.15) is 54.0 Å². The first-order valence-electron chi connectivity index (χ1n) is 12.2. The molecule has 33 heavy (non-hydrogen) atoms. The summed E-state index contributed by atoms with van der Waals surface area (Å²) >= 11 is 0. The molecule has 0 heterocycles. The molecule has 0 saturated carbocycles. The van der Waals surface area contributed by atoms with Crippen LogP contribution in [0.25, 0.3) is 11.1 Å². The van der Waals surface area contributed by atoms with Gasteiger partial charge in [0.1, 0.15) is 11.5 Å². The normalized spacial score (nSPS) is 13.0. The predicted molar refractivity (Wildman–Crippen MR) is 137 cm³/mol. The van der Waals surface area contributed by atoms with E-state index in [1.54, 1.807) is 7.11 Å². The summed E-state index contributed by atoms with van der Waals surface area (Å²) in [5.41, 5.74) is 15.3. The van der Waals surface area contributed by atoms with Gasteiger partial charge in [0.05, 0.1) is 7.11 Å². The number of nitrogens with two attached hydrogens (primary N) is 1. The smallest absolute Gasteiger partial charge is 0.124 e. The molecule has 0 fully saturated rings. The molecule has 0 saturated heterocycles. The molecule has 0 aliphatic heterocycles. The van der Waals surface area contributed by atoms with Crippen LogP contribution in [0.5, 0.6) is 11.5 Å². The van der Waals surface area contributed by atoms with Crippen molar-refractivity contribution in [1.29, 1.82) is 0 Å². The van der Waals surface area contributed by atoms with Gasteiger partial charge in [-0.15, -0.1) is 0 Å². The Morgan fingerprint density at radius 2 is 1.70 bits per heavy atom. The predicted octanol–water partition coefficient (Wildman–Crippen LogP) is 5.66. The molecule has 0 spiro atoms. The Bertz CT molecular complexity index is 1090. The number of nitrogen functional groups attached to an aromatic ring is 1. The lowest BCUT2D eigenvalue weighted by Crippen LogP contribution is -2.17.